The fourth-order valence-electron chi connectivity index (χ4n) is 2.08. The number of anilines is 2. The Labute approximate surface area is 117 Å². The van der Waals surface area contributed by atoms with E-state index in [4.69, 9.17) is 4.74 Å². The summed E-state index contributed by atoms with van der Waals surface area (Å²) in [5.41, 5.74) is 2.96. The highest BCUT2D eigenvalue weighted by Gasteiger charge is 2.03. The van der Waals surface area contributed by atoms with E-state index < -0.39 is 0 Å². The molecular weight excluding hydrogens is 250 g/mol. The van der Waals surface area contributed by atoms with Gasteiger partial charge in [0.15, 0.2) is 0 Å². The maximum atomic E-state index is 5.58. The van der Waals surface area contributed by atoms with Gasteiger partial charge >= 0.3 is 0 Å². The Morgan fingerprint density at radius 2 is 2.00 bits per heavy atom. The molecule has 0 bridgehead atoms. The van der Waals surface area contributed by atoms with Crippen molar-refractivity contribution in [3.8, 4) is 5.75 Å². The number of nitrogens with one attached hydrogen (secondary N) is 2. The third-order valence-corrected chi connectivity index (χ3v) is 3.07. The second-order valence-electron chi connectivity index (χ2n) is 4.60. The highest BCUT2D eigenvalue weighted by atomic mass is 16.5. The third-order valence-electron chi connectivity index (χ3n) is 3.07. The van der Waals surface area contributed by atoms with Gasteiger partial charge in [-0.25, -0.2) is 4.98 Å². The van der Waals surface area contributed by atoms with Crippen LogP contribution in [-0.4, -0.2) is 16.6 Å². The Kier molecular flexibility index (Phi) is 3.54. The van der Waals surface area contributed by atoms with Crippen LogP contribution < -0.4 is 10.1 Å². The summed E-state index contributed by atoms with van der Waals surface area (Å²) in [7, 11) is 0. The minimum absolute atomic E-state index is 0.751. The predicted octanol–water partition coefficient (Wildman–Crippen LogP) is 4.10. The number of nitrogens with zero attached hydrogens (tertiary/aromatic N) is 1. The van der Waals surface area contributed by atoms with Crippen LogP contribution in [0.1, 0.15) is 13.3 Å². The maximum absolute atomic E-state index is 5.58. The molecule has 0 atom stereocenters. The lowest BCUT2D eigenvalue weighted by Crippen LogP contribution is -1.95. The number of aromatic nitrogens is 2. The van der Waals surface area contributed by atoms with Crippen molar-refractivity contribution in [3.63, 3.8) is 0 Å². The topological polar surface area (TPSA) is 49.9 Å². The number of rotatable bonds is 5. The van der Waals surface area contributed by atoms with Crippen LogP contribution in [0, 0.1) is 0 Å². The number of H-pyrrole nitrogens is 1. The molecule has 0 saturated heterocycles. The number of benzene rings is 1. The van der Waals surface area contributed by atoms with Gasteiger partial charge in [-0.3, -0.25) is 0 Å². The van der Waals surface area contributed by atoms with Crippen LogP contribution in [-0.2, 0) is 0 Å². The molecule has 0 radical (unpaired) electrons. The molecule has 0 fully saturated rings. The normalized spacial score (nSPS) is 10.7. The molecule has 0 aliphatic heterocycles. The molecule has 0 amide bonds. The summed E-state index contributed by atoms with van der Waals surface area (Å²) in [5.74, 6) is 0.902. The zero-order valence-electron chi connectivity index (χ0n) is 11.4. The van der Waals surface area contributed by atoms with E-state index >= 15 is 0 Å². The van der Waals surface area contributed by atoms with Crippen molar-refractivity contribution in [1.29, 1.82) is 0 Å². The Balaban J connectivity index is 1.79. The average Bonchev–Trinajstić information content (AvgIpc) is 2.96. The molecular formula is C16H17N3O. The van der Waals surface area contributed by atoms with E-state index in [-0.39, 0.29) is 0 Å². The summed E-state index contributed by atoms with van der Waals surface area (Å²) in [6.07, 6.45) is 4.70. The summed E-state index contributed by atoms with van der Waals surface area (Å²) in [6, 6.07) is 12.0. The van der Waals surface area contributed by atoms with Gasteiger partial charge in [0, 0.05) is 23.5 Å². The summed E-state index contributed by atoms with van der Waals surface area (Å²) < 4.78 is 5.58. The minimum atomic E-state index is 0.751. The molecule has 2 N–H and O–H groups in total. The summed E-state index contributed by atoms with van der Waals surface area (Å²) in [4.78, 5) is 7.38. The SMILES string of the molecule is CCCOc1ccc(Nc2ccnc3[nH]ccc23)cc1. The molecule has 0 aliphatic carbocycles. The van der Waals surface area contributed by atoms with Gasteiger partial charge in [0.2, 0.25) is 0 Å². The van der Waals surface area contributed by atoms with Crippen molar-refractivity contribution in [2.45, 2.75) is 13.3 Å². The monoisotopic (exact) mass is 267 g/mol. The maximum Gasteiger partial charge on any atom is 0.139 e. The van der Waals surface area contributed by atoms with Crippen molar-refractivity contribution < 1.29 is 4.74 Å². The van der Waals surface area contributed by atoms with Crippen LogP contribution in [0.15, 0.2) is 48.8 Å². The largest absolute Gasteiger partial charge is 0.494 e. The van der Waals surface area contributed by atoms with Crippen molar-refractivity contribution in [2.24, 2.45) is 0 Å². The fourth-order valence-corrected chi connectivity index (χ4v) is 2.08. The summed E-state index contributed by atoms with van der Waals surface area (Å²) in [6.45, 7) is 2.85. The zero-order valence-corrected chi connectivity index (χ0v) is 11.4. The van der Waals surface area contributed by atoms with Crippen LogP contribution in [0.5, 0.6) is 5.75 Å². The summed E-state index contributed by atoms with van der Waals surface area (Å²) in [5, 5.41) is 4.48. The number of aromatic amines is 1. The first kappa shape index (κ1) is 12.5. The van der Waals surface area contributed by atoms with E-state index in [1.807, 2.05) is 42.6 Å². The zero-order chi connectivity index (χ0) is 13.8. The second-order valence-corrected chi connectivity index (χ2v) is 4.60. The van der Waals surface area contributed by atoms with Crippen LogP contribution in [0.4, 0.5) is 11.4 Å². The molecule has 4 nitrogen and oxygen atoms in total. The molecule has 1 aromatic carbocycles. The molecule has 0 saturated carbocycles. The molecule has 0 unspecified atom stereocenters. The van der Waals surface area contributed by atoms with Crippen LogP contribution in [0.2, 0.25) is 0 Å². The molecule has 0 spiro atoms. The van der Waals surface area contributed by atoms with Gasteiger partial charge in [-0.15, -0.1) is 0 Å². The van der Waals surface area contributed by atoms with Crippen molar-refractivity contribution in [3.05, 3.63) is 48.8 Å². The predicted molar refractivity (Wildman–Crippen MR) is 81.6 cm³/mol. The Hall–Kier alpha value is -2.49. The van der Waals surface area contributed by atoms with Gasteiger partial charge < -0.3 is 15.0 Å². The molecule has 2 aromatic heterocycles. The first-order chi connectivity index (χ1) is 9.86. The van der Waals surface area contributed by atoms with Crippen molar-refractivity contribution in [1.82, 2.24) is 9.97 Å². The highest BCUT2D eigenvalue weighted by Crippen LogP contribution is 2.25. The van der Waals surface area contributed by atoms with Gasteiger partial charge in [0.1, 0.15) is 11.4 Å². The van der Waals surface area contributed by atoms with Gasteiger partial charge in [-0.05, 0) is 42.8 Å². The summed E-state index contributed by atoms with van der Waals surface area (Å²) >= 11 is 0. The lowest BCUT2D eigenvalue weighted by atomic mass is 10.2. The van der Waals surface area contributed by atoms with E-state index in [0.29, 0.717) is 0 Å². The first-order valence-electron chi connectivity index (χ1n) is 6.79. The molecule has 0 aliphatic rings. The quantitative estimate of drug-likeness (QED) is 0.732. The van der Waals surface area contributed by atoms with E-state index in [0.717, 1.165) is 41.2 Å². The third kappa shape index (κ3) is 2.59. The number of hydrogen-bond donors (Lipinski definition) is 2. The molecule has 102 valence electrons. The Bertz CT molecular complexity index is 688. The standard InChI is InChI=1S/C16H17N3O/c1-2-11-20-13-5-3-12(4-6-13)19-15-8-10-18-16-14(15)7-9-17-16/h3-10H,2,11H2,1H3,(H2,17,18,19). The highest BCUT2D eigenvalue weighted by molar-refractivity contribution is 5.91. The van der Waals surface area contributed by atoms with Crippen LogP contribution >= 0.6 is 0 Å². The van der Waals surface area contributed by atoms with Crippen LogP contribution in [0.25, 0.3) is 11.0 Å². The van der Waals surface area contributed by atoms with E-state index in [1.54, 1.807) is 6.20 Å². The van der Waals surface area contributed by atoms with Gasteiger partial charge in [-0.1, -0.05) is 6.92 Å². The van der Waals surface area contributed by atoms with E-state index in [1.165, 1.54) is 0 Å². The molecule has 2 heterocycles. The fraction of sp³-hybridized carbons (Fsp3) is 0.188. The molecule has 3 rings (SSSR count). The lowest BCUT2D eigenvalue weighted by molar-refractivity contribution is 0.317. The number of ether oxygens (including phenoxy) is 1. The molecule has 3 aromatic rings. The number of pyridine rings is 1. The Morgan fingerprint density at radius 1 is 1.15 bits per heavy atom. The Morgan fingerprint density at radius 3 is 2.80 bits per heavy atom. The molecule has 20 heavy (non-hydrogen) atoms. The smallest absolute Gasteiger partial charge is 0.139 e. The first-order valence-corrected chi connectivity index (χ1v) is 6.79. The van der Waals surface area contributed by atoms with Crippen LogP contribution in [0.3, 0.4) is 0 Å². The van der Waals surface area contributed by atoms with Crippen molar-refractivity contribution in [2.75, 3.05) is 11.9 Å². The van der Waals surface area contributed by atoms with E-state index in [9.17, 15) is 0 Å². The van der Waals surface area contributed by atoms with Gasteiger partial charge in [0.25, 0.3) is 0 Å². The lowest BCUT2D eigenvalue weighted by Gasteiger charge is -2.09. The minimum Gasteiger partial charge on any atom is -0.494 e. The average molecular weight is 267 g/mol. The number of fused-ring (bicyclic) bond motifs is 1. The number of hydrogen-bond acceptors (Lipinski definition) is 3. The van der Waals surface area contributed by atoms with Crippen molar-refractivity contribution >= 4 is 22.4 Å². The van der Waals surface area contributed by atoms with Gasteiger partial charge in [0.05, 0.1) is 12.3 Å². The van der Waals surface area contributed by atoms with E-state index in [2.05, 4.69) is 22.2 Å². The second kappa shape index (κ2) is 5.65. The molecule has 4 heteroatoms. The van der Waals surface area contributed by atoms with Gasteiger partial charge in [-0.2, -0.15) is 0 Å².